The summed E-state index contributed by atoms with van der Waals surface area (Å²) in [5, 5.41) is 14.6. The molecule has 5 heteroatoms. The first-order valence-corrected chi connectivity index (χ1v) is 6.86. The first-order chi connectivity index (χ1) is 10.1. The first-order valence-electron chi connectivity index (χ1n) is 6.49. The quantitative estimate of drug-likeness (QED) is 0.794. The molecule has 3 rings (SSSR count). The second kappa shape index (κ2) is 5.58. The Morgan fingerprint density at radius 2 is 1.90 bits per heavy atom. The molecule has 1 heterocycles. The van der Waals surface area contributed by atoms with Crippen molar-refractivity contribution in [3.8, 4) is 17.2 Å². The fourth-order valence-electron chi connectivity index (χ4n) is 2.04. The van der Waals surface area contributed by atoms with Gasteiger partial charge in [-0.1, -0.05) is 35.0 Å². The van der Waals surface area contributed by atoms with Gasteiger partial charge in [-0.15, -0.1) is 0 Å². The lowest BCUT2D eigenvalue weighted by Crippen LogP contribution is -1.90. The van der Waals surface area contributed by atoms with E-state index >= 15 is 0 Å². The molecule has 0 fully saturated rings. The highest BCUT2D eigenvalue weighted by atomic mass is 35.5. The van der Waals surface area contributed by atoms with Gasteiger partial charge >= 0.3 is 0 Å². The van der Waals surface area contributed by atoms with Gasteiger partial charge in [0.05, 0.1) is 5.56 Å². The van der Waals surface area contributed by atoms with Crippen molar-refractivity contribution in [2.75, 3.05) is 0 Å². The van der Waals surface area contributed by atoms with Crippen molar-refractivity contribution in [1.82, 2.24) is 10.1 Å². The zero-order chi connectivity index (χ0) is 14.8. The fourth-order valence-corrected chi connectivity index (χ4v) is 2.17. The lowest BCUT2D eigenvalue weighted by Gasteiger charge is -2.00. The Balaban J connectivity index is 1.84. The molecule has 0 unspecified atom stereocenters. The third-order valence-corrected chi connectivity index (χ3v) is 3.38. The second-order valence-electron chi connectivity index (χ2n) is 4.84. The van der Waals surface area contributed by atoms with Crippen LogP contribution in [0.4, 0.5) is 0 Å². The van der Waals surface area contributed by atoms with E-state index in [4.69, 9.17) is 16.1 Å². The Morgan fingerprint density at radius 3 is 2.62 bits per heavy atom. The Bertz CT molecular complexity index is 766. The van der Waals surface area contributed by atoms with E-state index < -0.39 is 0 Å². The summed E-state index contributed by atoms with van der Waals surface area (Å²) in [7, 11) is 0. The van der Waals surface area contributed by atoms with Gasteiger partial charge in [0, 0.05) is 11.4 Å². The van der Waals surface area contributed by atoms with Gasteiger partial charge in [-0.3, -0.25) is 0 Å². The van der Waals surface area contributed by atoms with Gasteiger partial charge in [0.15, 0.2) is 5.82 Å². The molecule has 21 heavy (non-hydrogen) atoms. The third-order valence-electron chi connectivity index (χ3n) is 3.13. The van der Waals surface area contributed by atoms with Gasteiger partial charge in [-0.25, -0.2) is 0 Å². The third kappa shape index (κ3) is 3.06. The lowest BCUT2D eigenvalue weighted by atomic mass is 10.1. The van der Waals surface area contributed by atoms with Crippen LogP contribution in [0.15, 0.2) is 47.0 Å². The molecule has 0 radical (unpaired) electrons. The standard InChI is InChI=1S/C16H13ClN2O2/c1-10-2-7-13(14(20)8-10)16-18-15(19-21-16)9-11-3-5-12(17)6-4-11/h2-8,20H,9H2,1H3. The topological polar surface area (TPSA) is 59.2 Å². The number of rotatable bonds is 3. The molecule has 0 aliphatic carbocycles. The summed E-state index contributed by atoms with van der Waals surface area (Å²) in [6.45, 7) is 1.91. The molecule has 106 valence electrons. The summed E-state index contributed by atoms with van der Waals surface area (Å²) in [5.41, 5.74) is 2.55. The number of hydrogen-bond donors (Lipinski definition) is 1. The molecule has 0 bridgehead atoms. The van der Waals surface area contributed by atoms with E-state index in [9.17, 15) is 5.11 Å². The summed E-state index contributed by atoms with van der Waals surface area (Å²) >= 11 is 5.85. The Morgan fingerprint density at radius 1 is 1.14 bits per heavy atom. The van der Waals surface area contributed by atoms with Crippen molar-refractivity contribution < 1.29 is 9.63 Å². The SMILES string of the molecule is Cc1ccc(-c2nc(Cc3ccc(Cl)cc3)no2)c(O)c1. The van der Waals surface area contributed by atoms with Gasteiger partial charge in [0.2, 0.25) is 0 Å². The molecular weight excluding hydrogens is 288 g/mol. The van der Waals surface area contributed by atoms with Gasteiger partial charge in [-0.2, -0.15) is 4.98 Å². The molecular formula is C16H13ClN2O2. The Labute approximate surface area is 127 Å². The summed E-state index contributed by atoms with van der Waals surface area (Å²) in [6, 6.07) is 12.8. The molecule has 2 aromatic carbocycles. The zero-order valence-corrected chi connectivity index (χ0v) is 12.1. The van der Waals surface area contributed by atoms with Crippen LogP contribution in [0.25, 0.3) is 11.5 Å². The van der Waals surface area contributed by atoms with Crippen LogP contribution in [-0.2, 0) is 6.42 Å². The van der Waals surface area contributed by atoms with Gasteiger partial charge in [0.25, 0.3) is 5.89 Å². The summed E-state index contributed by atoms with van der Waals surface area (Å²) in [4.78, 5) is 4.32. The Hall–Kier alpha value is -2.33. The first kappa shape index (κ1) is 13.6. The number of aromatic hydroxyl groups is 1. The van der Waals surface area contributed by atoms with Crippen LogP contribution in [-0.4, -0.2) is 15.2 Å². The van der Waals surface area contributed by atoms with Crippen molar-refractivity contribution in [3.05, 3.63) is 64.4 Å². The number of halogens is 1. The average molecular weight is 301 g/mol. The maximum Gasteiger partial charge on any atom is 0.261 e. The van der Waals surface area contributed by atoms with Crippen LogP contribution in [0.5, 0.6) is 5.75 Å². The van der Waals surface area contributed by atoms with Crippen LogP contribution in [0.2, 0.25) is 5.02 Å². The van der Waals surface area contributed by atoms with Gasteiger partial charge in [-0.05, 0) is 42.3 Å². The van der Waals surface area contributed by atoms with E-state index in [2.05, 4.69) is 10.1 Å². The van der Waals surface area contributed by atoms with Crippen molar-refractivity contribution >= 4 is 11.6 Å². The second-order valence-corrected chi connectivity index (χ2v) is 5.28. The number of nitrogens with zero attached hydrogens (tertiary/aromatic N) is 2. The van der Waals surface area contributed by atoms with Crippen LogP contribution < -0.4 is 0 Å². The van der Waals surface area contributed by atoms with E-state index in [1.165, 1.54) is 0 Å². The zero-order valence-electron chi connectivity index (χ0n) is 11.4. The monoisotopic (exact) mass is 300 g/mol. The highest BCUT2D eigenvalue weighted by molar-refractivity contribution is 6.30. The van der Waals surface area contributed by atoms with E-state index in [0.717, 1.165) is 11.1 Å². The number of benzene rings is 2. The number of phenolic OH excluding ortho intramolecular Hbond substituents is 1. The van der Waals surface area contributed by atoms with Crippen molar-refractivity contribution in [1.29, 1.82) is 0 Å². The number of phenols is 1. The maximum atomic E-state index is 9.93. The number of aryl methyl sites for hydroxylation is 1. The van der Waals surface area contributed by atoms with Crippen molar-refractivity contribution in [2.45, 2.75) is 13.3 Å². The molecule has 4 nitrogen and oxygen atoms in total. The van der Waals surface area contributed by atoms with E-state index in [-0.39, 0.29) is 5.75 Å². The predicted molar refractivity (Wildman–Crippen MR) is 80.4 cm³/mol. The molecule has 0 atom stereocenters. The molecule has 1 N–H and O–H groups in total. The highest BCUT2D eigenvalue weighted by Gasteiger charge is 2.13. The lowest BCUT2D eigenvalue weighted by molar-refractivity contribution is 0.418. The predicted octanol–water partition coefficient (Wildman–Crippen LogP) is 3.99. The van der Waals surface area contributed by atoms with Crippen LogP contribution in [0.1, 0.15) is 17.0 Å². The van der Waals surface area contributed by atoms with E-state index in [1.807, 2.05) is 37.3 Å². The van der Waals surface area contributed by atoms with Crippen molar-refractivity contribution in [3.63, 3.8) is 0 Å². The molecule has 0 saturated heterocycles. The van der Waals surface area contributed by atoms with Crippen molar-refractivity contribution in [2.24, 2.45) is 0 Å². The molecule has 1 aromatic heterocycles. The highest BCUT2D eigenvalue weighted by Crippen LogP contribution is 2.28. The summed E-state index contributed by atoms with van der Waals surface area (Å²) in [6.07, 6.45) is 0.549. The normalized spacial score (nSPS) is 10.8. The molecule has 0 aliphatic rings. The van der Waals surface area contributed by atoms with E-state index in [1.54, 1.807) is 12.1 Å². The van der Waals surface area contributed by atoms with Gasteiger partial charge in [0.1, 0.15) is 5.75 Å². The minimum atomic E-state index is 0.136. The largest absolute Gasteiger partial charge is 0.507 e. The van der Waals surface area contributed by atoms with Crippen LogP contribution in [0, 0.1) is 6.92 Å². The fraction of sp³-hybridized carbons (Fsp3) is 0.125. The minimum Gasteiger partial charge on any atom is -0.507 e. The number of aromatic nitrogens is 2. The van der Waals surface area contributed by atoms with Crippen LogP contribution >= 0.6 is 11.6 Å². The average Bonchev–Trinajstić information content (AvgIpc) is 2.90. The van der Waals surface area contributed by atoms with Crippen LogP contribution in [0.3, 0.4) is 0 Å². The smallest absolute Gasteiger partial charge is 0.261 e. The molecule has 3 aromatic rings. The molecule has 0 amide bonds. The van der Waals surface area contributed by atoms with E-state index in [0.29, 0.717) is 28.7 Å². The molecule has 0 saturated carbocycles. The minimum absolute atomic E-state index is 0.136. The molecule has 0 spiro atoms. The summed E-state index contributed by atoms with van der Waals surface area (Å²) < 4.78 is 5.22. The summed E-state index contributed by atoms with van der Waals surface area (Å²) in [5.74, 6) is 1.01. The Kier molecular flexibility index (Phi) is 3.62. The maximum absolute atomic E-state index is 9.93. The molecule has 0 aliphatic heterocycles. The van der Waals surface area contributed by atoms with Gasteiger partial charge < -0.3 is 9.63 Å². The number of hydrogen-bond acceptors (Lipinski definition) is 4.